The van der Waals surface area contributed by atoms with Crippen LogP contribution in [-0.4, -0.2) is 47.2 Å². The van der Waals surface area contributed by atoms with Gasteiger partial charge in [0, 0.05) is 23.3 Å². The number of esters is 2. The van der Waals surface area contributed by atoms with Crippen LogP contribution < -0.4 is 18.9 Å². The summed E-state index contributed by atoms with van der Waals surface area (Å²) in [4.78, 5) is 25.0. The van der Waals surface area contributed by atoms with Gasteiger partial charge in [0.2, 0.25) is 6.79 Å². The second-order valence-corrected chi connectivity index (χ2v) is 11.8. The predicted molar refractivity (Wildman–Crippen MR) is 197 cm³/mol. The van der Waals surface area contributed by atoms with Crippen LogP contribution in [0.1, 0.15) is 22.3 Å². The summed E-state index contributed by atoms with van der Waals surface area (Å²) < 4.78 is 33.0. The summed E-state index contributed by atoms with van der Waals surface area (Å²) >= 11 is 0. The first-order valence-electron chi connectivity index (χ1n) is 16.2. The monoisotopic (exact) mass is 678 g/mol. The molecule has 0 N–H and O–H groups in total. The van der Waals surface area contributed by atoms with Crippen LogP contribution in [0.3, 0.4) is 0 Å². The highest BCUT2D eigenvalue weighted by atomic mass is 16.7. The SMILES string of the molecule is COC(=O)C=C(c1ccc(OC)cc1)c1ccc2c3c(ccc2c1)OCOc1ccc2cc(C(=CC(=O)OC)c4ccc(OC)cc4)ccc2c1-3. The van der Waals surface area contributed by atoms with Crippen LogP contribution in [0.25, 0.3) is 43.8 Å². The molecule has 1 aliphatic heterocycles. The molecule has 0 bridgehead atoms. The number of hydrogen-bond donors (Lipinski definition) is 0. The van der Waals surface area contributed by atoms with Gasteiger partial charge in [-0.25, -0.2) is 9.59 Å². The number of ether oxygens (including phenoxy) is 6. The van der Waals surface area contributed by atoms with Crippen molar-refractivity contribution >= 4 is 44.6 Å². The molecule has 0 amide bonds. The largest absolute Gasteiger partial charge is 0.497 e. The van der Waals surface area contributed by atoms with Crippen molar-refractivity contribution in [1.82, 2.24) is 0 Å². The maximum Gasteiger partial charge on any atom is 0.331 e. The molecule has 0 saturated heterocycles. The van der Waals surface area contributed by atoms with Gasteiger partial charge in [0.05, 0.1) is 28.4 Å². The molecule has 0 saturated carbocycles. The number of hydrogen-bond acceptors (Lipinski definition) is 8. The van der Waals surface area contributed by atoms with Crippen molar-refractivity contribution in [3.63, 3.8) is 0 Å². The van der Waals surface area contributed by atoms with E-state index in [0.717, 1.165) is 54.9 Å². The van der Waals surface area contributed by atoms with Crippen LogP contribution in [-0.2, 0) is 19.1 Å². The van der Waals surface area contributed by atoms with Gasteiger partial charge >= 0.3 is 11.9 Å². The molecule has 51 heavy (non-hydrogen) atoms. The minimum absolute atomic E-state index is 0.0557. The Bertz CT molecular complexity index is 2190. The van der Waals surface area contributed by atoms with E-state index >= 15 is 0 Å². The second-order valence-electron chi connectivity index (χ2n) is 11.8. The molecule has 0 radical (unpaired) electrons. The quantitative estimate of drug-likeness (QED) is 0.117. The molecule has 6 aromatic rings. The molecule has 1 aliphatic rings. The summed E-state index contributed by atoms with van der Waals surface area (Å²) in [6.45, 7) is 0.0557. The summed E-state index contributed by atoms with van der Waals surface area (Å²) in [5.74, 6) is 1.91. The number of carbonyl (C=O) groups is 2. The molecule has 8 heteroatoms. The molecular weight excluding hydrogens is 644 g/mol. The zero-order valence-corrected chi connectivity index (χ0v) is 28.5. The fraction of sp³-hybridized carbons (Fsp3) is 0.116. The molecule has 0 aromatic heterocycles. The molecule has 7 rings (SSSR count). The Hall–Kier alpha value is -6.54. The van der Waals surface area contributed by atoms with Gasteiger partial charge in [-0.15, -0.1) is 0 Å². The Balaban J connectivity index is 1.38. The Labute approximate surface area is 295 Å². The van der Waals surface area contributed by atoms with Gasteiger partial charge in [0.1, 0.15) is 23.0 Å². The maximum absolute atomic E-state index is 12.5. The minimum atomic E-state index is -0.454. The highest BCUT2D eigenvalue weighted by molar-refractivity contribution is 6.11. The van der Waals surface area contributed by atoms with E-state index in [1.54, 1.807) is 14.2 Å². The van der Waals surface area contributed by atoms with E-state index in [1.807, 2.05) is 97.1 Å². The first-order valence-corrected chi connectivity index (χ1v) is 16.2. The Morgan fingerprint density at radius 2 is 0.902 bits per heavy atom. The standard InChI is InChI=1S/C43H34O8/c1-46-32-13-5-26(6-14-32)36(23-40(44)48-3)30-9-17-34-28(21-30)11-19-38-42(34)43-35-18-10-31(22-29(35)12-20-39(43)51-25-50-38)37(24-41(45)49-4)27-7-15-33(47-2)16-8-27/h5-24H,25H2,1-4H3. The molecule has 1 heterocycles. The van der Waals surface area contributed by atoms with E-state index in [-0.39, 0.29) is 6.79 Å². The number of methoxy groups -OCH3 is 4. The van der Waals surface area contributed by atoms with Crippen molar-refractivity contribution in [2.75, 3.05) is 35.2 Å². The third kappa shape index (κ3) is 6.47. The van der Waals surface area contributed by atoms with Crippen LogP contribution in [0.15, 0.2) is 121 Å². The number of benzene rings is 6. The molecule has 0 aliphatic carbocycles. The average Bonchev–Trinajstić information content (AvgIpc) is 3.38. The van der Waals surface area contributed by atoms with Gasteiger partial charge in [-0.2, -0.15) is 0 Å². The number of rotatable bonds is 8. The normalized spacial score (nSPS) is 12.5. The van der Waals surface area contributed by atoms with E-state index in [4.69, 9.17) is 28.4 Å². The number of carbonyl (C=O) groups excluding carboxylic acids is 2. The zero-order chi connectivity index (χ0) is 35.5. The minimum Gasteiger partial charge on any atom is -0.497 e. The van der Waals surface area contributed by atoms with Crippen molar-refractivity contribution in [3.05, 3.63) is 144 Å². The van der Waals surface area contributed by atoms with E-state index in [2.05, 4.69) is 12.1 Å². The smallest absolute Gasteiger partial charge is 0.331 e. The molecule has 0 unspecified atom stereocenters. The Morgan fingerprint density at radius 3 is 1.27 bits per heavy atom. The molecule has 0 spiro atoms. The fourth-order valence-corrected chi connectivity index (χ4v) is 6.43. The summed E-state index contributed by atoms with van der Waals surface area (Å²) in [6, 6.07) is 35.2. The van der Waals surface area contributed by atoms with Crippen molar-refractivity contribution in [2.24, 2.45) is 0 Å². The molecule has 254 valence electrons. The molecule has 0 fully saturated rings. The second kappa shape index (κ2) is 14.1. The van der Waals surface area contributed by atoms with Gasteiger partial charge in [-0.1, -0.05) is 60.7 Å². The first-order chi connectivity index (χ1) is 24.9. The van der Waals surface area contributed by atoms with E-state index in [9.17, 15) is 9.59 Å². The van der Waals surface area contributed by atoms with Crippen molar-refractivity contribution in [3.8, 4) is 34.1 Å². The number of fused-ring (bicyclic) bond motifs is 7. The third-order valence-electron chi connectivity index (χ3n) is 8.99. The highest BCUT2D eigenvalue weighted by Gasteiger charge is 2.23. The van der Waals surface area contributed by atoms with Crippen LogP contribution in [0.4, 0.5) is 0 Å². The van der Waals surface area contributed by atoms with Crippen LogP contribution in [0.5, 0.6) is 23.0 Å². The highest BCUT2D eigenvalue weighted by Crippen LogP contribution is 2.48. The van der Waals surface area contributed by atoms with E-state index in [1.165, 1.54) is 26.4 Å². The van der Waals surface area contributed by atoms with Gasteiger partial charge in [0.25, 0.3) is 0 Å². The fourth-order valence-electron chi connectivity index (χ4n) is 6.43. The maximum atomic E-state index is 12.5. The van der Waals surface area contributed by atoms with Crippen molar-refractivity contribution in [1.29, 1.82) is 0 Å². The summed E-state index contributed by atoms with van der Waals surface area (Å²) in [6.07, 6.45) is 3.00. The molecule has 0 atom stereocenters. The van der Waals surface area contributed by atoms with Gasteiger partial charge < -0.3 is 28.4 Å². The molecule has 8 nitrogen and oxygen atoms in total. The summed E-state index contributed by atoms with van der Waals surface area (Å²) in [5, 5.41) is 3.80. The average molecular weight is 679 g/mol. The first kappa shape index (κ1) is 33.0. The zero-order valence-electron chi connectivity index (χ0n) is 28.5. The summed E-state index contributed by atoms with van der Waals surface area (Å²) in [7, 11) is 5.96. The lowest BCUT2D eigenvalue weighted by Gasteiger charge is -2.16. The van der Waals surface area contributed by atoms with Crippen LogP contribution in [0, 0.1) is 0 Å². The van der Waals surface area contributed by atoms with Gasteiger partial charge in [-0.05, 0) is 103 Å². The topological polar surface area (TPSA) is 89.5 Å². The lowest BCUT2D eigenvalue weighted by Crippen LogP contribution is -2.03. The van der Waals surface area contributed by atoms with Crippen LogP contribution >= 0.6 is 0 Å². The lowest BCUT2D eigenvalue weighted by atomic mass is 9.88. The van der Waals surface area contributed by atoms with Crippen LogP contribution in [0.2, 0.25) is 0 Å². The lowest BCUT2D eigenvalue weighted by molar-refractivity contribution is -0.135. The van der Waals surface area contributed by atoms with Crippen molar-refractivity contribution in [2.45, 2.75) is 0 Å². The van der Waals surface area contributed by atoms with E-state index < -0.39 is 11.9 Å². The Kier molecular flexibility index (Phi) is 9.14. The summed E-state index contributed by atoms with van der Waals surface area (Å²) in [5.41, 5.74) is 6.59. The van der Waals surface area contributed by atoms with Crippen molar-refractivity contribution < 1.29 is 38.0 Å². The Morgan fingerprint density at radius 1 is 0.510 bits per heavy atom. The van der Waals surface area contributed by atoms with Gasteiger partial charge in [0.15, 0.2) is 0 Å². The molecular formula is C43H34O8. The predicted octanol–water partition coefficient (Wildman–Crippen LogP) is 8.62. The third-order valence-corrected chi connectivity index (χ3v) is 8.99. The van der Waals surface area contributed by atoms with Gasteiger partial charge in [-0.3, -0.25) is 0 Å². The molecule has 6 aromatic carbocycles. The van der Waals surface area contributed by atoms with E-state index in [0.29, 0.717) is 34.1 Å².